The first-order valence-electron chi connectivity index (χ1n) is 4.83. The molecule has 72 valence electrons. The summed E-state index contributed by atoms with van der Waals surface area (Å²) in [7, 11) is 4.33. The van der Waals surface area contributed by atoms with Crippen molar-refractivity contribution in [3.8, 4) is 0 Å². The highest BCUT2D eigenvalue weighted by atomic mass is 15.2. The van der Waals surface area contributed by atoms with Gasteiger partial charge in [-0.2, -0.15) is 0 Å². The van der Waals surface area contributed by atoms with Gasteiger partial charge in [-0.15, -0.1) is 0 Å². The van der Waals surface area contributed by atoms with Gasteiger partial charge in [-0.1, -0.05) is 0 Å². The van der Waals surface area contributed by atoms with Gasteiger partial charge in [-0.05, 0) is 46.6 Å². The normalized spacial score (nSPS) is 25.5. The molecule has 1 saturated heterocycles. The third kappa shape index (κ3) is 2.73. The largest absolute Gasteiger partial charge is 0.330 e. The molecule has 1 heterocycles. The summed E-state index contributed by atoms with van der Waals surface area (Å²) in [5.41, 5.74) is 5.46. The lowest BCUT2D eigenvalue weighted by atomic mass is 10.2. The smallest absolute Gasteiger partial charge is 0.0229 e. The Kier molecular flexibility index (Phi) is 3.98. The minimum atomic E-state index is 0.766. The molecule has 12 heavy (non-hydrogen) atoms. The summed E-state index contributed by atoms with van der Waals surface area (Å²) in [6.07, 6.45) is 2.46. The van der Waals surface area contributed by atoms with Crippen LogP contribution in [-0.4, -0.2) is 56.1 Å². The summed E-state index contributed by atoms with van der Waals surface area (Å²) < 4.78 is 0. The van der Waals surface area contributed by atoms with E-state index in [2.05, 4.69) is 23.9 Å². The first-order chi connectivity index (χ1) is 5.74. The van der Waals surface area contributed by atoms with E-state index in [1.807, 2.05) is 0 Å². The van der Waals surface area contributed by atoms with E-state index in [0.29, 0.717) is 0 Å². The Morgan fingerprint density at radius 2 is 2.25 bits per heavy atom. The minimum Gasteiger partial charge on any atom is -0.330 e. The van der Waals surface area contributed by atoms with E-state index in [9.17, 15) is 0 Å². The molecule has 0 saturated carbocycles. The van der Waals surface area contributed by atoms with Gasteiger partial charge in [-0.3, -0.25) is 0 Å². The fourth-order valence-electron chi connectivity index (χ4n) is 1.75. The lowest BCUT2D eigenvalue weighted by Gasteiger charge is -2.19. The number of nitrogens with zero attached hydrogens (tertiary/aromatic N) is 2. The van der Waals surface area contributed by atoms with Gasteiger partial charge in [0, 0.05) is 12.6 Å². The molecular formula is C9H21N3. The standard InChI is InChI=1S/C9H21N3/c1-11(2)9-4-7-12(8-9)6-3-5-10/h9H,3-8,10H2,1-2H3. The zero-order valence-electron chi connectivity index (χ0n) is 8.29. The Labute approximate surface area is 75.5 Å². The predicted molar refractivity (Wildman–Crippen MR) is 52.2 cm³/mol. The molecule has 1 aliphatic rings. The molecule has 0 bridgehead atoms. The maximum Gasteiger partial charge on any atom is 0.0229 e. The fourth-order valence-corrected chi connectivity index (χ4v) is 1.75. The maximum absolute atomic E-state index is 5.46. The number of likely N-dealkylation sites (N-methyl/N-ethyl adjacent to an activating group) is 1. The van der Waals surface area contributed by atoms with Crippen molar-refractivity contribution in [1.29, 1.82) is 0 Å². The van der Waals surface area contributed by atoms with Crippen LogP contribution in [0.3, 0.4) is 0 Å². The number of hydrogen-bond acceptors (Lipinski definition) is 3. The Morgan fingerprint density at radius 1 is 1.50 bits per heavy atom. The molecule has 2 N–H and O–H groups in total. The van der Waals surface area contributed by atoms with Crippen LogP contribution in [0.4, 0.5) is 0 Å². The number of rotatable bonds is 4. The van der Waals surface area contributed by atoms with E-state index in [1.54, 1.807) is 0 Å². The molecular weight excluding hydrogens is 150 g/mol. The number of nitrogens with two attached hydrogens (primary N) is 1. The maximum atomic E-state index is 5.46. The van der Waals surface area contributed by atoms with Crippen LogP contribution in [0.5, 0.6) is 0 Å². The van der Waals surface area contributed by atoms with Gasteiger partial charge in [0.15, 0.2) is 0 Å². The number of likely N-dealkylation sites (tertiary alicyclic amines) is 1. The molecule has 3 heteroatoms. The second-order valence-corrected chi connectivity index (χ2v) is 3.85. The van der Waals surface area contributed by atoms with Crippen LogP contribution in [0.1, 0.15) is 12.8 Å². The molecule has 3 nitrogen and oxygen atoms in total. The monoisotopic (exact) mass is 171 g/mol. The van der Waals surface area contributed by atoms with E-state index in [0.717, 1.165) is 19.0 Å². The molecule has 1 atom stereocenters. The molecule has 1 rings (SSSR count). The van der Waals surface area contributed by atoms with Crippen molar-refractivity contribution in [2.24, 2.45) is 5.73 Å². The average Bonchev–Trinajstić information content (AvgIpc) is 2.48. The zero-order chi connectivity index (χ0) is 8.97. The van der Waals surface area contributed by atoms with Gasteiger partial charge in [0.1, 0.15) is 0 Å². The highest BCUT2D eigenvalue weighted by Crippen LogP contribution is 2.12. The van der Waals surface area contributed by atoms with Crippen molar-refractivity contribution in [3.63, 3.8) is 0 Å². The topological polar surface area (TPSA) is 32.5 Å². The Morgan fingerprint density at radius 3 is 2.75 bits per heavy atom. The molecule has 0 aromatic carbocycles. The second kappa shape index (κ2) is 4.80. The van der Waals surface area contributed by atoms with Crippen LogP contribution < -0.4 is 5.73 Å². The molecule has 0 amide bonds. The van der Waals surface area contributed by atoms with Gasteiger partial charge in [0.05, 0.1) is 0 Å². The van der Waals surface area contributed by atoms with Crippen molar-refractivity contribution in [1.82, 2.24) is 9.80 Å². The van der Waals surface area contributed by atoms with Crippen molar-refractivity contribution in [2.45, 2.75) is 18.9 Å². The molecule has 0 radical (unpaired) electrons. The van der Waals surface area contributed by atoms with Crippen molar-refractivity contribution in [3.05, 3.63) is 0 Å². The fraction of sp³-hybridized carbons (Fsp3) is 1.00. The zero-order valence-corrected chi connectivity index (χ0v) is 8.29. The lowest BCUT2D eigenvalue weighted by molar-refractivity contribution is 0.268. The summed E-state index contributed by atoms with van der Waals surface area (Å²) in [6.45, 7) is 4.49. The van der Waals surface area contributed by atoms with Crippen LogP contribution in [0, 0.1) is 0 Å². The summed E-state index contributed by atoms with van der Waals surface area (Å²) in [4.78, 5) is 4.83. The molecule has 0 aliphatic carbocycles. The van der Waals surface area contributed by atoms with E-state index in [4.69, 9.17) is 5.73 Å². The Hall–Kier alpha value is -0.120. The van der Waals surface area contributed by atoms with Crippen molar-refractivity contribution < 1.29 is 0 Å². The summed E-state index contributed by atoms with van der Waals surface area (Å²) >= 11 is 0. The van der Waals surface area contributed by atoms with Crippen molar-refractivity contribution in [2.75, 3.05) is 40.3 Å². The molecule has 1 aliphatic heterocycles. The van der Waals surface area contributed by atoms with E-state index in [1.165, 1.54) is 26.1 Å². The van der Waals surface area contributed by atoms with Crippen LogP contribution in [0.2, 0.25) is 0 Å². The molecule has 1 fully saturated rings. The third-order valence-corrected chi connectivity index (χ3v) is 2.66. The summed E-state index contributed by atoms with van der Waals surface area (Å²) in [5, 5.41) is 0. The SMILES string of the molecule is CN(C)C1CCN(CCCN)C1. The third-order valence-electron chi connectivity index (χ3n) is 2.66. The Bertz CT molecular complexity index is 125. The first-order valence-corrected chi connectivity index (χ1v) is 4.83. The van der Waals surface area contributed by atoms with Gasteiger partial charge in [0.25, 0.3) is 0 Å². The Balaban J connectivity index is 2.17. The molecule has 0 spiro atoms. The highest BCUT2D eigenvalue weighted by molar-refractivity contribution is 4.80. The van der Waals surface area contributed by atoms with Crippen LogP contribution >= 0.6 is 0 Å². The first kappa shape index (κ1) is 9.96. The average molecular weight is 171 g/mol. The summed E-state index contributed by atoms with van der Waals surface area (Å²) in [5.74, 6) is 0. The van der Waals surface area contributed by atoms with Crippen LogP contribution in [-0.2, 0) is 0 Å². The van der Waals surface area contributed by atoms with Crippen LogP contribution in [0.25, 0.3) is 0 Å². The highest BCUT2D eigenvalue weighted by Gasteiger charge is 2.22. The van der Waals surface area contributed by atoms with Gasteiger partial charge in [-0.25, -0.2) is 0 Å². The van der Waals surface area contributed by atoms with Gasteiger partial charge in [0.2, 0.25) is 0 Å². The molecule has 0 aromatic rings. The minimum absolute atomic E-state index is 0.766. The summed E-state index contributed by atoms with van der Waals surface area (Å²) in [6, 6.07) is 0.766. The second-order valence-electron chi connectivity index (χ2n) is 3.85. The van der Waals surface area contributed by atoms with Crippen LogP contribution in [0.15, 0.2) is 0 Å². The van der Waals surface area contributed by atoms with E-state index < -0.39 is 0 Å². The molecule has 0 aromatic heterocycles. The van der Waals surface area contributed by atoms with Crippen molar-refractivity contribution >= 4 is 0 Å². The number of hydrogen-bond donors (Lipinski definition) is 1. The lowest BCUT2D eigenvalue weighted by Crippen LogP contribution is -2.32. The van der Waals surface area contributed by atoms with E-state index >= 15 is 0 Å². The molecule has 1 unspecified atom stereocenters. The van der Waals surface area contributed by atoms with E-state index in [-0.39, 0.29) is 0 Å². The predicted octanol–water partition coefficient (Wildman–Crippen LogP) is -0.0289. The van der Waals surface area contributed by atoms with Gasteiger partial charge >= 0.3 is 0 Å². The van der Waals surface area contributed by atoms with Gasteiger partial charge < -0.3 is 15.5 Å². The quantitative estimate of drug-likeness (QED) is 0.645.